The van der Waals surface area contributed by atoms with E-state index in [1.165, 1.54) is 40.7 Å². The first kappa shape index (κ1) is 16.8. The smallest absolute Gasteiger partial charge is 0.0780 e. The van der Waals surface area contributed by atoms with Crippen LogP contribution < -0.4 is 0 Å². The average Bonchev–Trinajstić information content (AvgIpc) is 3.52. The van der Waals surface area contributed by atoms with Gasteiger partial charge in [0.05, 0.1) is 5.69 Å². The van der Waals surface area contributed by atoms with Crippen LogP contribution in [0, 0.1) is 5.92 Å². The average molecular weight is 339 g/mol. The van der Waals surface area contributed by atoms with E-state index in [1.807, 2.05) is 6.08 Å². The summed E-state index contributed by atoms with van der Waals surface area (Å²) in [5, 5.41) is 0. The maximum absolute atomic E-state index is 4.88. The van der Waals surface area contributed by atoms with Crippen molar-refractivity contribution in [2.75, 3.05) is 0 Å². The molecule has 4 rings (SSSR count). The van der Waals surface area contributed by atoms with Crippen molar-refractivity contribution in [1.29, 1.82) is 0 Å². The fourth-order valence-electron chi connectivity index (χ4n) is 3.42. The minimum Gasteiger partial charge on any atom is -0.255 e. The number of aryl methyl sites for hydroxylation is 1. The van der Waals surface area contributed by atoms with E-state index >= 15 is 0 Å². The molecular formula is C25H25N. The number of benzene rings is 2. The van der Waals surface area contributed by atoms with Gasteiger partial charge in [0.2, 0.25) is 0 Å². The van der Waals surface area contributed by atoms with Crippen LogP contribution in [0.3, 0.4) is 0 Å². The van der Waals surface area contributed by atoms with Gasteiger partial charge in [-0.25, -0.2) is 0 Å². The van der Waals surface area contributed by atoms with Crippen molar-refractivity contribution in [3.05, 3.63) is 84.1 Å². The van der Waals surface area contributed by atoms with Crippen molar-refractivity contribution in [1.82, 2.24) is 4.98 Å². The third-order valence-electron chi connectivity index (χ3n) is 5.26. The Morgan fingerprint density at radius 3 is 2.27 bits per heavy atom. The lowest BCUT2D eigenvalue weighted by Crippen LogP contribution is -1.95. The van der Waals surface area contributed by atoms with Gasteiger partial charge in [-0.3, -0.25) is 4.98 Å². The molecule has 1 heteroatoms. The van der Waals surface area contributed by atoms with Crippen LogP contribution in [0.25, 0.3) is 28.5 Å². The van der Waals surface area contributed by atoms with Gasteiger partial charge in [0.1, 0.15) is 0 Å². The summed E-state index contributed by atoms with van der Waals surface area (Å²) < 4.78 is 0. The zero-order chi connectivity index (χ0) is 17.9. The molecule has 2 aromatic carbocycles. The van der Waals surface area contributed by atoms with Gasteiger partial charge in [0, 0.05) is 17.3 Å². The molecule has 0 saturated heterocycles. The Labute approximate surface area is 156 Å². The number of aromatic nitrogens is 1. The van der Waals surface area contributed by atoms with E-state index in [1.54, 1.807) is 0 Å². The van der Waals surface area contributed by atoms with Gasteiger partial charge in [-0.1, -0.05) is 68.1 Å². The van der Waals surface area contributed by atoms with Crippen LogP contribution in [0.2, 0.25) is 0 Å². The minimum absolute atomic E-state index is 0.863. The van der Waals surface area contributed by atoms with E-state index < -0.39 is 0 Å². The molecule has 1 nitrogen and oxygen atoms in total. The zero-order valence-corrected chi connectivity index (χ0v) is 15.4. The molecule has 0 unspecified atom stereocenters. The molecular weight excluding hydrogens is 314 g/mol. The Bertz CT molecular complexity index is 900. The summed E-state index contributed by atoms with van der Waals surface area (Å²) in [7, 11) is 0. The molecule has 3 aromatic rings. The molecule has 1 aliphatic rings. The number of hydrogen-bond acceptors (Lipinski definition) is 1. The van der Waals surface area contributed by atoms with E-state index in [-0.39, 0.29) is 0 Å². The quantitative estimate of drug-likeness (QED) is 0.494. The maximum atomic E-state index is 4.88. The summed E-state index contributed by atoms with van der Waals surface area (Å²) in [6.07, 6.45) is 8.90. The van der Waals surface area contributed by atoms with Gasteiger partial charge in [-0.15, -0.1) is 0 Å². The summed E-state index contributed by atoms with van der Waals surface area (Å²) in [6, 6.07) is 19.8. The third-order valence-corrected chi connectivity index (χ3v) is 5.26. The summed E-state index contributed by atoms with van der Waals surface area (Å²) in [6.45, 7) is 6.04. The second-order valence-electron chi connectivity index (χ2n) is 7.26. The van der Waals surface area contributed by atoms with Gasteiger partial charge in [0.15, 0.2) is 0 Å². The SMILES string of the molecule is C=Cc1ccc(-c2cc(CC3CC3)cnc2-c2ccc(CC)cc2)cc1. The fraction of sp³-hybridized carbons (Fsp3) is 0.240. The minimum atomic E-state index is 0.863. The van der Waals surface area contributed by atoms with Crippen molar-refractivity contribution < 1.29 is 0 Å². The van der Waals surface area contributed by atoms with Crippen LogP contribution in [0.15, 0.2) is 67.4 Å². The molecule has 1 saturated carbocycles. The van der Waals surface area contributed by atoms with Gasteiger partial charge in [0.25, 0.3) is 0 Å². The monoisotopic (exact) mass is 339 g/mol. The largest absolute Gasteiger partial charge is 0.255 e. The van der Waals surface area contributed by atoms with E-state index in [9.17, 15) is 0 Å². The highest BCUT2D eigenvalue weighted by Gasteiger charge is 2.22. The molecule has 1 aromatic heterocycles. The lowest BCUT2D eigenvalue weighted by Gasteiger charge is -2.12. The highest BCUT2D eigenvalue weighted by atomic mass is 14.7. The first-order valence-corrected chi connectivity index (χ1v) is 9.58. The van der Waals surface area contributed by atoms with Gasteiger partial charge >= 0.3 is 0 Å². The van der Waals surface area contributed by atoms with E-state index in [4.69, 9.17) is 4.98 Å². The van der Waals surface area contributed by atoms with Gasteiger partial charge in [-0.2, -0.15) is 0 Å². The lowest BCUT2D eigenvalue weighted by molar-refractivity contribution is 0.828. The highest BCUT2D eigenvalue weighted by molar-refractivity contribution is 5.81. The Kier molecular flexibility index (Phi) is 4.71. The van der Waals surface area contributed by atoms with Crippen LogP contribution in [-0.4, -0.2) is 4.98 Å². The van der Waals surface area contributed by atoms with E-state index in [2.05, 4.69) is 74.3 Å². The molecule has 1 fully saturated rings. The van der Waals surface area contributed by atoms with Gasteiger partial charge in [-0.05, 0) is 59.9 Å². The van der Waals surface area contributed by atoms with Crippen LogP contribution in [0.5, 0.6) is 0 Å². The van der Waals surface area contributed by atoms with Gasteiger partial charge < -0.3 is 0 Å². The van der Waals surface area contributed by atoms with Crippen molar-refractivity contribution >= 4 is 6.08 Å². The van der Waals surface area contributed by atoms with Crippen molar-refractivity contribution in [3.63, 3.8) is 0 Å². The third kappa shape index (κ3) is 3.62. The first-order chi connectivity index (χ1) is 12.8. The maximum Gasteiger partial charge on any atom is 0.0780 e. The molecule has 0 spiro atoms. The Balaban J connectivity index is 1.78. The zero-order valence-electron chi connectivity index (χ0n) is 15.4. The molecule has 0 aliphatic heterocycles. The van der Waals surface area contributed by atoms with Crippen LogP contribution in [0.1, 0.15) is 36.5 Å². The van der Waals surface area contributed by atoms with Crippen LogP contribution in [0.4, 0.5) is 0 Å². The second-order valence-corrected chi connectivity index (χ2v) is 7.26. The molecule has 0 amide bonds. The highest BCUT2D eigenvalue weighted by Crippen LogP contribution is 2.36. The molecule has 1 heterocycles. The summed E-state index contributed by atoms with van der Waals surface area (Å²) in [4.78, 5) is 4.88. The predicted octanol–water partition coefficient (Wildman–Crippen LogP) is 6.57. The standard InChI is InChI=1S/C25H25N/c1-3-18-7-11-22(12-8-18)24-16-21(15-20-5-6-20)17-26-25(24)23-13-9-19(4-2)10-14-23/h3,7-14,16-17,20H,1,4-6,15H2,2H3. The van der Waals surface area contributed by atoms with Crippen molar-refractivity contribution in [2.24, 2.45) is 5.92 Å². The van der Waals surface area contributed by atoms with Crippen molar-refractivity contribution in [3.8, 4) is 22.4 Å². The molecule has 130 valence electrons. The van der Waals surface area contributed by atoms with E-state index in [0.717, 1.165) is 30.0 Å². The number of nitrogens with zero attached hydrogens (tertiary/aromatic N) is 1. The van der Waals surface area contributed by atoms with Crippen LogP contribution >= 0.6 is 0 Å². The summed E-state index contributed by atoms with van der Waals surface area (Å²) in [5.74, 6) is 0.863. The predicted molar refractivity (Wildman–Crippen MR) is 111 cm³/mol. The summed E-state index contributed by atoms with van der Waals surface area (Å²) in [5.41, 5.74) is 8.55. The number of rotatable bonds is 6. The molecule has 26 heavy (non-hydrogen) atoms. The fourth-order valence-corrected chi connectivity index (χ4v) is 3.42. The molecule has 0 N–H and O–H groups in total. The number of pyridine rings is 1. The molecule has 1 aliphatic carbocycles. The molecule has 0 bridgehead atoms. The lowest BCUT2D eigenvalue weighted by atomic mass is 9.95. The first-order valence-electron chi connectivity index (χ1n) is 9.58. The summed E-state index contributed by atoms with van der Waals surface area (Å²) >= 11 is 0. The Hall–Kier alpha value is -2.67. The molecule has 0 atom stereocenters. The van der Waals surface area contributed by atoms with Crippen molar-refractivity contribution in [2.45, 2.75) is 32.6 Å². The van der Waals surface area contributed by atoms with E-state index in [0.29, 0.717) is 0 Å². The Morgan fingerprint density at radius 1 is 0.962 bits per heavy atom. The molecule has 0 radical (unpaired) electrons. The number of hydrogen-bond donors (Lipinski definition) is 0. The van der Waals surface area contributed by atoms with Crippen LogP contribution in [-0.2, 0) is 12.8 Å². The normalized spacial score (nSPS) is 13.6. The Morgan fingerprint density at radius 2 is 1.65 bits per heavy atom. The topological polar surface area (TPSA) is 12.9 Å². The second kappa shape index (κ2) is 7.29.